The first-order valence-corrected chi connectivity index (χ1v) is 1.79. The van der Waals surface area contributed by atoms with Crippen molar-refractivity contribution in [3.05, 3.63) is 0 Å². The SMILES string of the molecule is [AlH3].[Ni].[S]=[Fe]. The molecule has 0 aromatic carbocycles. The van der Waals surface area contributed by atoms with E-state index in [9.17, 15) is 0 Å². The van der Waals surface area contributed by atoms with Crippen LogP contribution in [0.4, 0.5) is 0 Å². The van der Waals surface area contributed by atoms with Gasteiger partial charge in [0.15, 0.2) is 17.4 Å². The molecule has 0 saturated heterocycles. The zero-order valence-corrected chi connectivity index (χ0v) is 3.99. The fourth-order valence-electron chi connectivity index (χ4n) is 0. The van der Waals surface area contributed by atoms with Crippen LogP contribution in [0.5, 0.6) is 0 Å². The zero-order valence-electron chi connectivity index (χ0n) is 1.08. The van der Waals surface area contributed by atoms with Crippen molar-refractivity contribution in [2.45, 2.75) is 0 Å². The molecule has 0 fully saturated rings. The van der Waals surface area contributed by atoms with Crippen LogP contribution >= 0.6 is 10.6 Å². The second-order valence-corrected chi connectivity index (χ2v) is 0. The molecular weight excluding hydrogens is 174 g/mol. The van der Waals surface area contributed by atoms with Crippen LogP contribution in [0.15, 0.2) is 0 Å². The molecule has 0 N–H and O–H groups in total. The Balaban J connectivity index is -0.00000000500. The third-order valence-corrected chi connectivity index (χ3v) is 0. The van der Waals surface area contributed by atoms with Crippen molar-refractivity contribution in [2.24, 2.45) is 0 Å². The van der Waals surface area contributed by atoms with Crippen molar-refractivity contribution in [1.29, 1.82) is 0 Å². The van der Waals surface area contributed by atoms with E-state index in [4.69, 9.17) is 0 Å². The van der Waals surface area contributed by atoms with Gasteiger partial charge in [0.05, 0.1) is 0 Å². The quantitative estimate of drug-likeness (QED) is 0.447. The maximum absolute atomic E-state index is 3.83. The molecule has 0 unspecified atom stereocenters. The molecule has 0 saturated carbocycles. The third kappa shape index (κ3) is 9.24. The van der Waals surface area contributed by atoms with E-state index in [1.807, 2.05) is 0 Å². The Bertz CT molecular complexity index is 8.00. The predicted molar refractivity (Wildman–Crippen MR) is 17.5 cm³/mol. The van der Waals surface area contributed by atoms with Crippen molar-refractivity contribution in [1.82, 2.24) is 0 Å². The molecule has 0 nitrogen and oxygen atoms in total. The van der Waals surface area contributed by atoms with E-state index in [2.05, 4.69) is 24.9 Å². The standard InChI is InChI=1S/Al.Fe.Ni.S.3H. The van der Waals surface area contributed by atoms with Gasteiger partial charge in [0.2, 0.25) is 0 Å². The molecule has 0 aromatic heterocycles. The van der Waals surface area contributed by atoms with Gasteiger partial charge in [-0.2, -0.15) is 0 Å². The molecule has 0 spiro atoms. The van der Waals surface area contributed by atoms with E-state index < -0.39 is 0 Å². The summed E-state index contributed by atoms with van der Waals surface area (Å²) in [6, 6.07) is 0. The van der Waals surface area contributed by atoms with E-state index in [1.54, 1.807) is 0 Å². The summed E-state index contributed by atoms with van der Waals surface area (Å²) in [6.45, 7) is 0. The van der Waals surface area contributed by atoms with Crippen molar-refractivity contribution < 1.29 is 30.9 Å². The molecule has 4 heavy (non-hydrogen) atoms. The summed E-state index contributed by atoms with van der Waals surface area (Å²) in [5.74, 6) is 0. The Morgan fingerprint density at radius 2 is 1.25 bits per heavy atom. The van der Waals surface area contributed by atoms with Crippen molar-refractivity contribution in [2.75, 3.05) is 0 Å². The molecule has 0 atom stereocenters. The number of hydrogen-bond donors (Lipinski definition) is 0. The van der Waals surface area contributed by atoms with E-state index in [0.29, 0.717) is 0 Å². The zero-order chi connectivity index (χ0) is 2.00. The minimum absolute atomic E-state index is 0. The summed E-state index contributed by atoms with van der Waals surface area (Å²) in [6.07, 6.45) is 0. The van der Waals surface area contributed by atoms with Gasteiger partial charge in [0, 0.05) is 16.5 Å². The molecule has 0 amide bonds. The topological polar surface area (TPSA) is 0 Å². The van der Waals surface area contributed by atoms with Crippen LogP contribution in [0.1, 0.15) is 0 Å². The monoisotopic (exact) mass is 176 g/mol. The molecule has 0 rings (SSSR count). The molecular formula is H3AlFeNiS. The van der Waals surface area contributed by atoms with Gasteiger partial charge in [-0.05, 0) is 0 Å². The molecule has 0 aliphatic heterocycles. The first-order valence-electron chi connectivity index (χ1n) is 0.144. The molecule has 0 aliphatic rings. The first-order chi connectivity index (χ1) is 1.00. The second kappa shape index (κ2) is 21.7. The third-order valence-electron chi connectivity index (χ3n) is 0. The Kier molecular flexibility index (Phi) is 92.8. The van der Waals surface area contributed by atoms with Gasteiger partial charge in [-0.3, -0.25) is 0 Å². The molecule has 4 heteroatoms. The molecule has 0 radical (unpaired) electrons. The van der Waals surface area contributed by atoms with Crippen LogP contribution in [0.3, 0.4) is 0 Å². The summed E-state index contributed by atoms with van der Waals surface area (Å²) in [7, 11) is 3.83. The second-order valence-electron chi connectivity index (χ2n) is 0. The van der Waals surface area contributed by atoms with Gasteiger partial charge in [-0.25, -0.2) is 0 Å². The Morgan fingerprint density at radius 1 is 1.25 bits per heavy atom. The van der Waals surface area contributed by atoms with Crippen LogP contribution in [0, 0.1) is 0 Å². The molecule has 0 aromatic rings. The van der Waals surface area contributed by atoms with Gasteiger partial charge in [0.1, 0.15) is 0 Å². The maximum atomic E-state index is 3.83. The Labute approximate surface area is 58.4 Å². The van der Waals surface area contributed by atoms with Crippen LogP contribution in [0.2, 0.25) is 0 Å². The summed E-state index contributed by atoms with van der Waals surface area (Å²) in [5, 5.41) is 0. The van der Waals surface area contributed by atoms with Gasteiger partial charge in [-0.15, -0.1) is 0 Å². The Morgan fingerprint density at radius 3 is 1.25 bits per heavy atom. The van der Waals surface area contributed by atoms with Gasteiger partial charge in [0.25, 0.3) is 0 Å². The van der Waals surface area contributed by atoms with Gasteiger partial charge >= 0.3 is 24.9 Å². The van der Waals surface area contributed by atoms with Gasteiger partial charge < -0.3 is 0 Å². The van der Waals surface area contributed by atoms with Gasteiger partial charge in [-0.1, -0.05) is 0 Å². The summed E-state index contributed by atoms with van der Waals surface area (Å²) >= 11 is 2.83. The molecule has 0 heterocycles. The number of rotatable bonds is 0. The average molecular weight is 177 g/mol. The molecule has 0 aliphatic carbocycles. The molecule has 0 bridgehead atoms. The summed E-state index contributed by atoms with van der Waals surface area (Å²) in [4.78, 5) is 0. The van der Waals surface area contributed by atoms with Crippen LogP contribution in [-0.2, 0) is 30.9 Å². The minimum atomic E-state index is 0. The van der Waals surface area contributed by atoms with E-state index in [-0.39, 0.29) is 33.9 Å². The first kappa shape index (κ1) is 17.1. The Hall–Kier alpha value is 1.77. The van der Waals surface area contributed by atoms with Crippen molar-refractivity contribution in [3.63, 3.8) is 0 Å². The fraction of sp³-hybridized carbons (Fsp3) is 0. The van der Waals surface area contributed by atoms with Crippen LogP contribution in [-0.4, -0.2) is 17.4 Å². The molecule has 30 valence electrons. The van der Waals surface area contributed by atoms with E-state index in [1.165, 1.54) is 0 Å². The van der Waals surface area contributed by atoms with E-state index >= 15 is 0 Å². The number of hydrogen-bond acceptors (Lipinski definition) is 1. The summed E-state index contributed by atoms with van der Waals surface area (Å²) < 4.78 is 0. The summed E-state index contributed by atoms with van der Waals surface area (Å²) in [5.41, 5.74) is 0. The van der Waals surface area contributed by atoms with Crippen molar-refractivity contribution in [3.8, 4) is 0 Å². The van der Waals surface area contributed by atoms with E-state index in [0.717, 1.165) is 0 Å². The fourth-order valence-corrected chi connectivity index (χ4v) is 0. The predicted octanol–water partition coefficient (Wildman–Crippen LogP) is -0.541. The normalized spacial score (nSPS) is 1.25. The average Bonchev–Trinajstić information content (AvgIpc) is 1.00. The van der Waals surface area contributed by atoms with Crippen LogP contribution < -0.4 is 0 Å². The van der Waals surface area contributed by atoms with Crippen LogP contribution in [0.25, 0.3) is 0 Å². The van der Waals surface area contributed by atoms with Crippen molar-refractivity contribution >= 4 is 27.9 Å².